The van der Waals surface area contributed by atoms with E-state index in [0.717, 1.165) is 198 Å². The summed E-state index contributed by atoms with van der Waals surface area (Å²) in [6.45, 7) is 16.1. The largest absolute Gasteiger partial charge is 0.254 e. The fourth-order valence-electron chi connectivity index (χ4n) is 12.2. The third-order valence-electron chi connectivity index (χ3n) is 16.8. The van der Waals surface area contributed by atoms with Crippen molar-refractivity contribution in [3.05, 3.63) is 264 Å². The van der Waals surface area contributed by atoms with Gasteiger partial charge in [0.25, 0.3) is 0 Å². The van der Waals surface area contributed by atoms with Crippen molar-refractivity contribution in [2.45, 2.75) is 55.4 Å². The first kappa shape index (κ1) is 63.8. The molecule has 0 bridgehead atoms. The van der Waals surface area contributed by atoms with Gasteiger partial charge in [-0.2, -0.15) is 0 Å². The second-order valence-corrected chi connectivity index (χ2v) is 23.7. The molecule has 16 heteroatoms. The second kappa shape index (κ2) is 26.8. The van der Waals surface area contributed by atoms with E-state index in [-0.39, 0.29) is 39.0 Å². The van der Waals surface area contributed by atoms with Crippen LogP contribution >= 0.6 is 0 Å². The molecule has 0 radical (unpaired) electrons. The molecule has 0 fully saturated rings. The van der Waals surface area contributed by atoms with Crippen molar-refractivity contribution >= 4 is 153 Å². The van der Waals surface area contributed by atoms with Crippen LogP contribution in [0.1, 0.15) is 45.6 Å². The Morgan fingerprint density at radius 3 is 0.458 bits per heavy atom. The molecule has 0 atom stereocenters. The van der Waals surface area contributed by atoms with Crippen LogP contribution in [0.3, 0.4) is 0 Å². The van der Waals surface area contributed by atoms with Crippen LogP contribution in [0.15, 0.2) is 219 Å². The van der Waals surface area contributed by atoms with Crippen molar-refractivity contribution in [1.29, 1.82) is 0 Å². The van der Waals surface area contributed by atoms with Crippen molar-refractivity contribution in [3.63, 3.8) is 0 Å². The molecule has 96 heavy (non-hydrogen) atoms. The molecule has 13 aromatic heterocycles. The van der Waals surface area contributed by atoms with Crippen LogP contribution in [0.4, 0.5) is 0 Å². The minimum Gasteiger partial charge on any atom is -0.254 e. The summed E-state index contributed by atoms with van der Waals surface area (Å²) in [5, 5.41) is 13.0. The molecule has 0 N–H and O–H groups in total. The average Bonchev–Trinajstić information content (AvgIpc) is 0.718. The number of nitrogens with zero attached hydrogens (tertiary/aromatic N) is 14. The smallest absolute Gasteiger partial charge is 0.0996 e. The summed E-state index contributed by atoms with van der Waals surface area (Å²) in [6.07, 6.45) is 7.15. The zero-order valence-corrected chi connectivity index (χ0v) is 57.2. The Hall–Kier alpha value is -10.9. The van der Waals surface area contributed by atoms with Gasteiger partial charge < -0.3 is 0 Å². The topological polar surface area (TPSA) is 180 Å². The molecule has 14 nitrogen and oxygen atoms in total. The van der Waals surface area contributed by atoms with E-state index >= 15 is 0 Å². The van der Waals surface area contributed by atoms with Crippen molar-refractivity contribution in [1.82, 2.24) is 69.8 Å². The first-order valence-corrected chi connectivity index (χ1v) is 31.1. The SMILES string of the molecule is Cc1ccc2ccc3ccc(C)nc3c2n1.Cc1ccc2ccc3ccc(C)nc3c2n1.Cc1ccc2ccc3ccc(C)nc3c2n1.Cc1ccc2ccc3ccc(C)nc3c2n1.[Ru].[Ru].c1cnc2c(c1)c1nc3c4cccnc4c4ncccc4c3nc1c1cccnc12. The van der Waals surface area contributed by atoms with Gasteiger partial charge in [-0.15, -0.1) is 0 Å². The van der Waals surface area contributed by atoms with Crippen molar-refractivity contribution < 1.29 is 39.0 Å². The summed E-state index contributed by atoms with van der Waals surface area (Å²) in [4.78, 5) is 65.3. The number of hydrogen-bond donors (Lipinski definition) is 0. The van der Waals surface area contributed by atoms with E-state index in [1.54, 1.807) is 24.8 Å². The van der Waals surface area contributed by atoms with Gasteiger partial charge in [-0.25, -0.2) is 9.97 Å². The van der Waals surface area contributed by atoms with Crippen LogP contribution in [-0.2, 0) is 39.0 Å². The van der Waals surface area contributed by atoms with E-state index < -0.39 is 0 Å². The standard InChI is InChI=1S/C24H12N6.4C14H12N2.2Ru/c1-5-13-17(25-9-1)18-14(6-2-10-26-18)22-21(13)29-23-15-7-3-11-27-19(15)20-16(24(23)30-22)8-4-12-28-20;4*1-9-3-5-11-7-8-12-6-4-10(2)16-14(12)13(11)15-9;;/h1-12H;4*3-8H,1-2H3;;. The minimum atomic E-state index is 0. The number of pyridine rings is 12. The van der Waals surface area contributed by atoms with Gasteiger partial charge in [0, 0.05) is 174 Å². The van der Waals surface area contributed by atoms with E-state index in [1.807, 2.05) is 152 Å². The molecule has 6 aromatic carbocycles. The molecular formula is C80H60N14Ru2. The minimum absolute atomic E-state index is 0. The third-order valence-corrected chi connectivity index (χ3v) is 16.8. The molecule has 0 aliphatic heterocycles. The summed E-state index contributed by atoms with van der Waals surface area (Å²) in [5.74, 6) is 0. The number of aryl methyl sites for hydroxylation is 8. The monoisotopic (exact) mass is 1420 g/mol. The molecule has 0 aliphatic carbocycles. The molecule has 0 aliphatic rings. The summed E-state index contributed by atoms with van der Waals surface area (Å²) in [7, 11) is 0. The molecule has 0 amide bonds. The van der Waals surface area contributed by atoms with E-state index in [9.17, 15) is 0 Å². The third kappa shape index (κ3) is 12.3. The van der Waals surface area contributed by atoms with Crippen LogP contribution in [0.2, 0.25) is 0 Å². The van der Waals surface area contributed by atoms with Gasteiger partial charge in [0.1, 0.15) is 0 Å². The number of hydrogen-bond acceptors (Lipinski definition) is 14. The Balaban J connectivity index is 0.000000112. The van der Waals surface area contributed by atoms with Gasteiger partial charge in [-0.3, -0.25) is 59.8 Å². The van der Waals surface area contributed by atoms with Crippen molar-refractivity contribution in [3.8, 4) is 0 Å². The van der Waals surface area contributed by atoms with Crippen molar-refractivity contribution in [2.75, 3.05) is 0 Å². The Labute approximate surface area is 577 Å². The van der Waals surface area contributed by atoms with Crippen LogP contribution < -0.4 is 0 Å². The summed E-state index contributed by atoms with van der Waals surface area (Å²) in [5.41, 5.74) is 22.9. The maximum atomic E-state index is 5.14. The zero-order valence-electron chi connectivity index (χ0n) is 53.8. The Morgan fingerprint density at radius 2 is 0.302 bits per heavy atom. The van der Waals surface area contributed by atoms with E-state index in [2.05, 4.69) is 157 Å². The quantitative estimate of drug-likeness (QED) is 0.0794. The van der Waals surface area contributed by atoms with Crippen LogP contribution in [0, 0.1) is 55.4 Å². The van der Waals surface area contributed by atoms with Crippen molar-refractivity contribution in [2.24, 2.45) is 0 Å². The van der Waals surface area contributed by atoms with Crippen LogP contribution in [0.5, 0.6) is 0 Å². The predicted molar refractivity (Wildman–Crippen MR) is 384 cm³/mol. The second-order valence-electron chi connectivity index (χ2n) is 23.7. The fraction of sp³-hybridized carbons (Fsp3) is 0.100. The molecular weight excluding hydrogens is 1360 g/mol. The molecule has 13 heterocycles. The maximum absolute atomic E-state index is 5.14. The molecule has 0 saturated heterocycles. The first-order valence-electron chi connectivity index (χ1n) is 31.1. The average molecular weight is 1420 g/mol. The molecule has 19 aromatic rings. The van der Waals surface area contributed by atoms with Gasteiger partial charge in [0.05, 0.1) is 88.3 Å². The Morgan fingerprint density at radius 1 is 0.156 bits per heavy atom. The molecule has 0 spiro atoms. The molecule has 19 rings (SSSR count). The first-order chi connectivity index (χ1) is 45.8. The summed E-state index contributed by atoms with van der Waals surface area (Å²) >= 11 is 0. The Bertz CT molecular complexity index is 5270. The van der Waals surface area contributed by atoms with Gasteiger partial charge in [0.2, 0.25) is 0 Å². The predicted octanol–water partition coefficient (Wildman–Crippen LogP) is 18.6. The number of aromatic nitrogens is 14. The Kier molecular flexibility index (Phi) is 17.8. The summed E-state index contributed by atoms with van der Waals surface area (Å²) < 4.78 is 0. The number of benzene rings is 6. The fourth-order valence-corrected chi connectivity index (χ4v) is 12.2. The zero-order chi connectivity index (χ0) is 64.1. The van der Waals surface area contributed by atoms with Gasteiger partial charge in [-0.05, 0) is 152 Å². The summed E-state index contributed by atoms with van der Waals surface area (Å²) in [6, 6.07) is 65.6. The molecule has 0 saturated carbocycles. The van der Waals surface area contributed by atoms with Crippen LogP contribution in [0.25, 0.3) is 153 Å². The van der Waals surface area contributed by atoms with Gasteiger partial charge in [-0.1, -0.05) is 97.1 Å². The van der Waals surface area contributed by atoms with Gasteiger partial charge in [0.15, 0.2) is 0 Å². The number of fused-ring (bicyclic) bond motifs is 24. The molecule has 0 unspecified atom stereocenters. The van der Waals surface area contributed by atoms with E-state index in [0.29, 0.717) is 0 Å². The van der Waals surface area contributed by atoms with E-state index in [4.69, 9.17) is 9.97 Å². The molecule has 466 valence electrons. The number of rotatable bonds is 0. The van der Waals surface area contributed by atoms with Gasteiger partial charge >= 0.3 is 0 Å². The maximum Gasteiger partial charge on any atom is 0.0996 e. The van der Waals surface area contributed by atoms with Crippen LogP contribution in [-0.4, -0.2) is 69.8 Å². The normalized spacial score (nSPS) is 11.2. The van der Waals surface area contributed by atoms with E-state index in [1.165, 1.54) is 0 Å².